The van der Waals surface area contributed by atoms with Crippen LogP contribution in [0.15, 0.2) is 28.7 Å². The van der Waals surface area contributed by atoms with Crippen molar-refractivity contribution in [1.29, 1.82) is 0 Å². The highest BCUT2D eigenvalue weighted by Gasteiger charge is 2.30. The second-order valence-corrected chi connectivity index (χ2v) is 5.13. The van der Waals surface area contributed by atoms with Crippen molar-refractivity contribution in [1.82, 2.24) is 4.90 Å². The number of aryl methyl sites for hydroxylation is 1. The number of fused-ring (bicyclic) bond motifs is 1. The fourth-order valence-electron chi connectivity index (χ4n) is 2.70. The molecule has 4 nitrogen and oxygen atoms in total. The molecule has 0 aliphatic carbocycles. The average Bonchev–Trinajstić information content (AvgIpc) is 3.03. The van der Waals surface area contributed by atoms with Gasteiger partial charge >= 0.3 is 0 Å². The zero-order valence-corrected chi connectivity index (χ0v) is 10.9. The highest BCUT2D eigenvalue weighted by Crippen LogP contribution is 2.25. The summed E-state index contributed by atoms with van der Waals surface area (Å²) in [4.78, 5) is 14.1. The second kappa shape index (κ2) is 4.70. The maximum absolute atomic E-state index is 12.4. The number of carbonyl (C=O) groups is 1. The SMILES string of the molecule is Cc1ccc2oc(C(=O)N3CCCC3CO)cc2c1. The van der Waals surface area contributed by atoms with Crippen LogP contribution in [0.4, 0.5) is 0 Å². The van der Waals surface area contributed by atoms with Crippen LogP contribution in [0.25, 0.3) is 11.0 Å². The van der Waals surface area contributed by atoms with Gasteiger partial charge in [0.05, 0.1) is 12.6 Å². The van der Waals surface area contributed by atoms with Gasteiger partial charge in [0.15, 0.2) is 5.76 Å². The summed E-state index contributed by atoms with van der Waals surface area (Å²) < 4.78 is 5.62. The van der Waals surface area contributed by atoms with E-state index < -0.39 is 0 Å². The normalized spacial score (nSPS) is 19.3. The molecule has 1 atom stereocenters. The molecule has 1 N–H and O–H groups in total. The summed E-state index contributed by atoms with van der Waals surface area (Å²) >= 11 is 0. The number of hydrogen-bond acceptors (Lipinski definition) is 3. The number of nitrogens with zero attached hydrogens (tertiary/aromatic N) is 1. The van der Waals surface area contributed by atoms with E-state index in [-0.39, 0.29) is 18.6 Å². The van der Waals surface area contributed by atoms with Crippen LogP contribution in [0, 0.1) is 6.92 Å². The van der Waals surface area contributed by atoms with Gasteiger partial charge in [0.2, 0.25) is 0 Å². The first-order valence-electron chi connectivity index (χ1n) is 6.61. The third-order valence-corrected chi connectivity index (χ3v) is 3.73. The zero-order chi connectivity index (χ0) is 13.4. The maximum Gasteiger partial charge on any atom is 0.289 e. The molecule has 1 aliphatic rings. The lowest BCUT2D eigenvalue weighted by Gasteiger charge is -2.21. The Morgan fingerprint density at radius 1 is 1.47 bits per heavy atom. The molecule has 0 saturated carbocycles. The minimum atomic E-state index is -0.120. The van der Waals surface area contributed by atoms with Gasteiger partial charge in [-0.2, -0.15) is 0 Å². The summed E-state index contributed by atoms with van der Waals surface area (Å²) in [6, 6.07) is 7.57. The quantitative estimate of drug-likeness (QED) is 0.900. The molecule has 1 aromatic carbocycles. The lowest BCUT2D eigenvalue weighted by Crippen LogP contribution is -2.37. The molecule has 1 fully saturated rings. The average molecular weight is 259 g/mol. The predicted octanol–water partition coefficient (Wildman–Crippen LogP) is 2.34. The van der Waals surface area contributed by atoms with Gasteiger partial charge < -0.3 is 14.4 Å². The molecule has 1 amide bonds. The number of aliphatic hydroxyl groups excluding tert-OH is 1. The molecule has 1 saturated heterocycles. The van der Waals surface area contributed by atoms with Gasteiger partial charge in [-0.1, -0.05) is 11.6 Å². The number of furan rings is 1. The van der Waals surface area contributed by atoms with Crippen LogP contribution in [0.1, 0.15) is 29.0 Å². The smallest absolute Gasteiger partial charge is 0.289 e. The van der Waals surface area contributed by atoms with Gasteiger partial charge in [0, 0.05) is 11.9 Å². The molecule has 0 spiro atoms. The van der Waals surface area contributed by atoms with E-state index in [0.29, 0.717) is 12.3 Å². The Labute approximate surface area is 111 Å². The Morgan fingerprint density at radius 2 is 2.32 bits per heavy atom. The Bertz CT molecular complexity index is 617. The summed E-state index contributed by atoms with van der Waals surface area (Å²) in [6.07, 6.45) is 1.80. The van der Waals surface area contributed by atoms with E-state index in [9.17, 15) is 9.90 Å². The van der Waals surface area contributed by atoms with Gasteiger partial charge in [-0.3, -0.25) is 4.79 Å². The van der Waals surface area contributed by atoms with Crippen LogP contribution in [0.5, 0.6) is 0 Å². The van der Waals surface area contributed by atoms with E-state index >= 15 is 0 Å². The standard InChI is InChI=1S/C15H17NO3/c1-10-4-5-13-11(7-10)8-14(19-13)15(18)16-6-2-3-12(16)9-17/h4-5,7-8,12,17H,2-3,6,9H2,1H3. The molecule has 3 rings (SSSR count). The largest absolute Gasteiger partial charge is 0.451 e. The molecule has 2 heterocycles. The number of likely N-dealkylation sites (tertiary alicyclic amines) is 1. The topological polar surface area (TPSA) is 53.7 Å². The summed E-state index contributed by atoms with van der Waals surface area (Å²) in [5, 5.41) is 10.2. The van der Waals surface area contributed by atoms with Crippen LogP contribution in [-0.2, 0) is 0 Å². The summed E-state index contributed by atoms with van der Waals surface area (Å²) in [6.45, 7) is 2.72. The molecule has 100 valence electrons. The van der Waals surface area contributed by atoms with Gasteiger partial charge in [-0.05, 0) is 38.0 Å². The number of aliphatic hydroxyl groups is 1. The number of amides is 1. The number of rotatable bonds is 2. The molecule has 1 unspecified atom stereocenters. The Hall–Kier alpha value is -1.81. The first-order valence-corrected chi connectivity index (χ1v) is 6.61. The van der Waals surface area contributed by atoms with Crippen LogP contribution >= 0.6 is 0 Å². The Morgan fingerprint density at radius 3 is 3.11 bits per heavy atom. The van der Waals surface area contributed by atoms with Crippen molar-refractivity contribution in [2.75, 3.05) is 13.2 Å². The van der Waals surface area contributed by atoms with Crippen molar-refractivity contribution in [2.24, 2.45) is 0 Å². The first-order chi connectivity index (χ1) is 9.19. The van der Waals surface area contributed by atoms with E-state index in [0.717, 1.165) is 29.4 Å². The maximum atomic E-state index is 12.4. The molecule has 1 aromatic heterocycles. The van der Waals surface area contributed by atoms with Crippen LogP contribution in [-0.4, -0.2) is 35.1 Å². The highest BCUT2D eigenvalue weighted by molar-refractivity contribution is 5.96. The minimum Gasteiger partial charge on any atom is -0.451 e. The van der Waals surface area contributed by atoms with Crippen LogP contribution < -0.4 is 0 Å². The van der Waals surface area contributed by atoms with Crippen molar-refractivity contribution in [3.63, 3.8) is 0 Å². The van der Waals surface area contributed by atoms with Gasteiger partial charge in [-0.15, -0.1) is 0 Å². The van der Waals surface area contributed by atoms with E-state index in [1.54, 1.807) is 11.0 Å². The molecule has 0 bridgehead atoms. The highest BCUT2D eigenvalue weighted by atomic mass is 16.3. The lowest BCUT2D eigenvalue weighted by atomic mass is 10.2. The predicted molar refractivity (Wildman–Crippen MR) is 72.1 cm³/mol. The van der Waals surface area contributed by atoms with E-state index in [1.165, 1.54) is 0 Å². The first kappa shape index (κ1) is 12.2. The summed E-state index contributed by atoms with van der Waals surface area (Å²) in [5.41, 5.74) is 1.87. The molecule has 0 radical (unpaired) electrons. The van der Waals surface area contributed by atoms with Crippen molar-refractivity contribution in [2.45, 2.75) is 25.8 Å². The van der Waals surface area contributed by atoms with Gasteiger partial charge in [-0.25, -0.2) is 0 Å². The Balaban J connectivity index is 1.93. The summed E-state index contributed by atoms with van der Waals surface area (Å²) in [7, 11) is 0. The van der Waals surface area contributed by atoms with Crippen molar-refractivity contribution in [3.8, 4) is 0 Å². The minimum absolute atomic E-state index is 0.0189. The van der Waals surface area contributed by atoms with Gasteiger partial charge in [0.25, 0.3) is 5.91 Å². The van der Waals surface area contributed by atoms with Crippen LogP contribution in [0.3, 0.4) is 0 Å². The molecule has 1 aliphatic heterocycles. The fourth-order valence-corrected chi connectivity index (χ4v) is 2.70. The number of carbonyl (C=O) groups excluding carboxylic acids is 1. The van der Waals surface area contributed by atoms with E-state index in [2.05, 4.69) is 0 Å². The monoisotopic (exact) mass is 259 g/mol. The molecule has 4 heteroatoms. The van der Waals surface area contributed by atoms with Crippen LogP contribution in [0.2, 0.25) is 0 Å². The van der Waals surface area contributed by atoms with E-state index in [4.69, 9.17) is 4.42 Å². The van der Waals surface area contributed by atoms with Gasteiger partial charge in [0.1, 0.15) is 5.58 Å². The van der Waals surface area contributed by atoms with Crippen molar-refractivity contribution < 1.29 is 14.3 Å². The van der Waals surface area contributed by atoms with Crippen molar-refractivity contribution >= 4 is 16.9 Å². The molecular weight excluding hydrogens is 242 g/mol. The molecular formula is C15H17NO3. The molecule has 2 aromatic rings. The number of benzene rings is 1. The third kappa shape index (κ3) is 2.12. The zero-order valence-electron chi connectivity index (χ0n) is 10.9. The number of hydrogen-bond donors (Lipinski definition) is 1. The summed E-state index contributed by atoms with van der Waals surface area (Å²) in [5.74, 6) is 0.242. The Kier molecular flexibility index (Phi) is 3.03. The van der Waals surface area contributed by atoms with Crippen molar-refractivity contribution in [3.05, 3.63) is 35.6 Å². The second-order valence-electron chi connectivity index (χ2n) is 5.13. The molecule has 19 heavy (non-hydrogen) atoms. The lowest BCUT2D eigenvalue weighted by molar-refractivity contribution is 0.0648. The third-order valence-electron chi connectivity index (χ3n) is 3.73. The van der Waals surface area contributed by atoms with E-state index in [1.807, 2.05) is 25.1 Å². The fraction of sp³-hybridized carbons (Fsp3) is 0.400.